The third-order valence-electron chi connectivity index (χ3n) is 4.73. The maximum atomic E-state index is 14.0. The topological polar surface area (TPSA) is 110 Å². The fraction of sp³-hybridized carbons (Fsp3) is 0.286. The molecule has 3 aromatic heterocycles. The third-order valence-corrected chi connectivity index (χ3v) is 4.73. The molecule has 0 bridgehead atoms. The number of rotatable bonds is 11. The molecule has 0 saturated carbocycles. The van der Waals surface area contributed by atoms with Gasteiger partial charge in [-0.15, -0.1) is 0 Å². The molecule has 0 aromatic carbocycles. The normalized spacial score (nSPS) is 11.9. The number of fused-ring (bicyclic) bond motifs is 1. The van der Waals surface area contributed by atoms with Crippen LogP contribution in [-0.4, -0.2) is 52.8 Å². The van der Waals surface area contributed by atoms with E-state index in [9.17, 15) is 18.4 Å². The molecule has 3 heterocycles. The van der Waals surface area contributed by atoms with Crippen molar-refractivity contribution < 1.29 is 23.2 Å². The summed E-state index contributed by atoms with van der Waals surface area (Å²) in [5.41, 5.74) is 2.52. The largest absolute Gasteiger partial charge is 0.397 e. The van der Waals surface area contributed by atoms with Gasteiger partial charge in [-0.05, 0) is 30.2 Å². The minimum atomic E-state index is -2.87. The zero-order valence-electron chi connectivity index (χ0n) is 17.3. The Labute approximate surface area is 182 Å². The van der Waals surface area contributed by atoms with Crippen LogP contribution >= 0.6 is 0 Å². The first-order chi connectivity index (χ1) is 15.5. The average molecular weight is 444 g/mol. The van der Waals surface area contributed by atoms with Crippen molar-refractivity contribution in [3.8, 4) is 5.69 Å². The molecule has 0 aliphatic heterocycles. The highest BCUT2D eigenvalue weighted by Gasteiger charge is 2.27. The van der Waals surface area contributed by atoms with E-state index in [4.69, 9.17) is 4.84 Å². The van der Waals surface area contributed by atoms with Crippen LogP contribution in [0.25, 0.3) is 16.7 Å². The van der Waals surface area contributed by atoms with Crippen LogP contribution in [0.3, 0.4) is 0 Å². The highest BCUT2D eigenvalue weighted by atomic mass is 19.3. The van der Waals surface area contributed by atoms with Gasteiger partial charge in [-0.25, -0.2) is 13.8 Å². The van der Waals surface area contributed by atoms with Gasteiger partial charge in [0, 0.05) is 48.9 Å². The monoisotopic (exact) mass is 444 g/mol. The lowest BCUT2D eigenvalue weighted by Gasteiger charge is -2.15. The predicted molar refractivity (Wildman–Crippen MR) is 114 cm³/mol. The second kappa shape index (κ2) is 10.4. The molecule has 0 radical (unpaired) electrons. The highest BCUT2D eigenvalue weighted by molar-refractivity contribution is 6.03. The SMILES string of the molecule is CO/N=C(\NC=O)c1cncc(-n2ccc3cc(CCC(F)(F)CCNC=O)cnc32)c1. The second-order valence-corrected chi connectivity index (χ2v) is 6.94. The quantitative estimate of drug-likeness (QED) is 0.155. The summed E-state index contributed by atoms with van der Waals surface area (Å²) in [5.74, 6) is -2.67. The van der Waals surface area contributed by atoms with Gasteiger partial charge in [0.05, 0.1) is 11.9 Å². The van der Waals surface area contributed by atoms with Gasteiger partial charge in [-0.3, -0.25) is 19.1 Å². The van der Waals surface area contributed by atoms with E-state index in [2.05, 4.69) is 25.8 Å². The number of carbonyl (C=O) groups is 2. The zero-order chi connectivity index (χ0) is 23.0. The smallest absolute Gasteiger partial charge is 0.250 e. The molecular formula is C21H22F2N6O3. The maximum absolute atomic E-state index is 14.0. The number of aromatic nitrogens is 3. The van der Waals surface area contributed by atoms with E-state index in [0.717, 1.165) is 5.39 Å². The molecule has 0 atom stereocenters. The van der Waals surface area contributed by atoms with E-state index in [0.29, 0.717) is 35.3 Å². The van der Waals surface area contributed by atoms with Gasteiger partial charge < -0.3 is 15.5 Å². The van der Waals surface area contributed by atoms with Crippen molar-refractivity contribution in [2.75, 3.05) is 13.7 Å². The summed E-state index contributed by atoms with van der Waals surface area (Å²) in [6, 6.07) is 5.41. The van der Waals surface area contributed by atoms with E-state index in [1.807, 2.05) is 12.1 Å². The first kappa shape index (κ1) is 22.8. The Hall–Kier alpha value is -3.89. The number of alkyl halides is 2. The van der Waals surface area contributed by atoms with E-state index < -0.39 is 12.3 Å². The lowest BCUT2D eigenvalue weighted by molar-refractivity contribution is -0.110. The number of amidine groups is 1. The molecule has 168 valence electrons. The summed E-state index contributed by atoms with van der Waals surface area (Å²) < 4.78 is 29.7. The molecule has 0 aliphatic rings. The minimum absolute atomic E-state index is 0.0666. The predicted octanol–water partition coefficient (Wildman–Crippen LogP) is 2.18. The molecule has 11 heteroatoms. The van der Waals surface area contributed by atoms with Crippen molar-refractivity contribution in [2.24, 2.45) is 5.16 Å². The van der Waals surface area contributed by atoms with Gasteiger partial charge in [0.1, 0.15) is 12.8 Å². The molecule has 3 aromatic rings. The fourth-order valence-electron chi connectivity index (χ4n) is 3.18. The van der Waals surface area contributed by atoms with Crippen LogP contribution in [0.1, 0.15) is 24.0 Å². The van der Waals surface area contributed by atoms with E-state index in [1.54, 1.807) is 29.2 Å². The average Bonchev–Trinajstić information content (AvgIpc) is 3.21. The van der Waals surface area contributed by atoms with E-state index in [-0.39, 0.29) is 25.2 Å². The van der Waals surface area contributed by atoms with Crippen molar-refractivity contribution >= 4 is 29.7 Å². The molecule has 9 nitrogen and oxygen atoms in total. The lowest BCUT2D eigenvalue weighted by atomic mass is 10.0. The van der Waals surface area contributed by atoms with Gasteiger partial charge in [0.2, 0.25) is 18.7 Å². The second-order valence-electron chi connectivity index (χ2n) is 6.94. The number of oxime groups is 1. The van der Waals surface area contributed by atoms with Gasteiger partial charge in [-0.2, -0.15) is 0 Å². The molecule has 2 amide bonds. The molecular weight excluding hydrogens is 422 g/mol. The van der Waals surface area contributed by atoms with E-state index >= 15 is 0 Å². The number of amides is 2. The molecule has 2 N–H and O–H groups in total. The number of carbonyl (C=O) groups excluding carboxylic acids is 2. The summed E-state index contributed by atoms with van der Waals surface area (Å²) in [6.07, 6.45) is 6.83. The van der Waals surface area contributed by atoms with Crippen molar-refractivity contribution in [2.45, 2.75) is 25.2 Å². The number of aryl methyl sites for hydroxylation is 1. The van der Waals surface area contributed by atoms with Crippen LogP contribution < -0.4 is 10.6 Å². The van der Waals surface area contributed by atoms with Crippen molar-refractivity contribution in [1.29, 1.82) is 0 Å². The molecule has 0 aliphatic carbocycles. The number of nitrogens with one attached hydrogen (secondary N) is 2. The first-order valence-corrected chi connectivity index (χ1v) is 9.75. The number of hydrogen-bond donors (Lipinski definition) is 2. The molecule has 32 heavy (non-hydrogen) atoms. The third kappa shape index (κ3) is 5.62. The summed E-state index contributed by atoms with van der Waals surface area (Å²) in [5, 5.41) is 9.27. The summed E-state index contributed by atoms with van der Waals surface area (Å²) in [6.45, 7) is -0.0666. The Bertz CT molecular complexity index is 1120. The maximum Gasteiger partial charge on any atom is 0.250 e. The summed E-state index contributed by atoms with van der Waals surface area (Å²) >= 11 is 0. The van der Waals surface area contributed by atoms with Gasteiger partial charge in [-0.1, -0.05) is 5.16 Å². The first-order valence-electron chi connectivity index (χ1n) is 9.75. The van der Waals surface area contributed by atoms with Crippen LogP contribution in [0.4, 0.5) is 8.78 Å². The number of hydrogen-bond acceptors (Lipinski definition) is 6. The number of nitrogens with zero attached hydrogens (tertiary/aromatic N) is 4. The van der Waals surface area contributed by atoms with Gasteiger partial charge in [0.25, 0.3) is 0 Å². The standard InChI is InChI=1S/C21H22F2N6O3/c1-32-28-19(27-14-31)17-9-18(12-25-11-17)29-7-3-16-8-15(10-26-20(16)29)2-4-21(22,23)5-6-24-13-30/h3,7-14H,2,4-6H2,1H3,(H,24,30)(H,27,28,31). The van der Waals surface area contributed by atoms with Crippen LogP contribution in [0.2, 0.25) is 0 Å². The number of halogens is 2. The Balaban J connectivity index is 1.79. The Morgan fingerprint density at radius 2 is 2.06 bits per heavy atom. The lowest BCUT2D eigenvalue weighted by Crippen LogP contribution is -2.24. The van der Waals surface area contributed by atoms with Gasteiger partial charge in [0.15, 0.2) is 5.84 Å². The minimum Gasteiger partial charge on any atom is -0.397 e. The van der Waals surface area contributed by atoms with Crippen LogP contribution in [0, 0.1) is 0 Å². The Morgan fingerprint density at radius 1 is 1.22 bits per heavy atom. The van der Waals surface area contributed by atoms with Gasteiger partial charge >= 0.3 is 0 Å². The summed E-state index contributed by atoms with van der Waals surface area (Å²) in [4.78, 5) is 34.4. The van der Waals surface area contributed by atoms with Crippen molar-refractivity contribution in [3.05, 3.63) is 54.1 Å². The van der Waals surface area contributed by atoms with Crippen LogP contribution in [0.15, 0.2) is 48.1 Å². The highest BCUT2D eigenvalue weighted by Crippen LogP contribution is 2.26. The fourth-order valence-corrected chi connectivity index (χ4v) is 3.18. The van der Waals surface area contributed by atoms with Crippen molar-refractivity contribution in [3.63, 3.8) is 0 Å². The van der Waals surface area contributed by atoms with Crippen LogP contribution in [0.5, 0.6) is 0 Å². The van der Waals surface area contributed by atoms with E-state index in [1.165, 1.54) is 13.3 Å². The Morgan fingerprint density at radius 3 is 2.81 bits per heavy atom. The number of pyridine rings is 2. The molecule has 0 unspecified atom stereocenters. The van der Waals surface area contributed by atoms with Crippen molar-refractivity contribution in [1.82, 2.24) is 25.2 Å². The summed E-state index contributed by atoms with van der Waals surface area (Å²) in [7, 11) is 1.36. The Kier molecular flexibility index (Phi) is 7.42. The molecule has 0 spiro atoms. The molecule has 0 saturated heterocycles. The zero-order valence-corrected chi connectivity index (χ0v) is 17.3. The molecule has 3 rings (SSSR count). The molecule has 0 fully saturated rings. The van der Waals surface area contributed by atoms with Crippen LogP contribution in [-0.2, 0) is 20.8 Å².